The molecule has 0 bridgehead atoms. The van der Waals surface area contributed by atoms with Gasteiger partial charge in [-0.25, -0.2) is 4.79 Å². The van der Waals surface area contributed by atoms with Crippen molar-refractivity contribution in [2.45, 2.75) is 32.8 Å². The Kier molecular flexibility index (Phi) is 5.72. The zero-order valence-corrected chi connectivity index (χ0v) is 15.6. The maximum Gasteiger partial charge on any atom is 0.410 e. The molecular formula is C18H22ClNO5. The van der Waals surface area contributed by atoms with Gasteiger partial charge < -0.3 is 14.4 Å². The van der Waals surface area contributed by atoms with Crippen molar-refractivity contribution < 1.29 is 23.9 Å². The summed E-state index contributed by atoms with van der Waals surface area (Å²) < 4.78 is 10.4. The van der Waals surface area contributed by atoms with Crippen molar-refractivity contribution in [2.75, 3.05) is 20.2 Å². The summed E-state index contributed by atoms with van der Waals surface area (Å²) in [5.74, 6) is -1.01. The van der Waals surface area contributed by atoms with Crippen LogP contribution in [0.25, 0.3) is 0 Å². The molecule has 1 unspecified atom stereocenters. The number of ketones is 2. The van der Waals surface area contributed by atoms with E-state index in [0.717, 1.165) is 0 Å². The molecule has 6 nitrogen and oxygen atoms in total. The van der Waals surface area contributed by atoms with Crippen LogP contribution in [-0.4, -0.2) is 48.4 Å². The largest absolute Gasteiger partial charge is 0.497 e. The number of amides is 1. The molecule has 1 saturated heterocycles. The van der Waals surface area contributed by atoms with Crippen LogP contribution in [0.2, 0.25) is 5.02 Å². The number of nitrogens with zero attached hydrogens (tertiary/aromatic N) is 1. The van der Waals surface area contributed by atoms with E-state index >= 15 is 0 Å². The van der Waals surface area contributed by atoms with E-state index < -0.39 is 23.4 Å². The number of hydrogen-bond donors (Lipinski definition) is 0. The molecule has 25 heavy (non-hydrogen) atoms. The van der Waals surface area contributed by atoms with Gasteiger partial charge in [0.1, 0.15) is 17.1 Å². The number of methoxy groups -OCH3 is 1. The number of piperidine rings is 1. The van der Waals surface area contributed by atoms with Crippen molar-refractivity contribution in [2.24, 2.45) is 5.92 Å². The van der Waals surface area contributed by atoms with Crippen LogP contribution in [0.15, 0.2) is 18.2 Å². The summed E-state index contributed by atoms with van der Waals surface area (Å²) in [6, 6.07) is 4.66. The van der Waals surface area contributed by atoms with Gasteiger partial charge in [0.2, 0.25) is 0 Å². The second-order valence-electron chi connectivity index (χ2n) is 6.91. The maximum absolute atomic E-state index is 12.8. The summed E-state index contributed by atoms with van der Waals surface area (Å²) in [5.41, 5.74) is -0.399. The van der Waals surface area contributed by atoms with E-state index in [1.165, 1.54) is 24.1 Å². The van der Waals surface area contributed by atoms with Gasteiger partial charge in [-0.1, -0.05) is 11.6 Å². The molecule has 1 aliphatic rings. The molecule has 0 aliphatic carbocycles. The molecule has 2 rings (SSSR count). The summed E-state index contributed by atoms with van der Waals surface area (Å²) >= 11 is 6.14. The Bertz CT molecular complexity index is 695. The van der Waals surface area contributed by atoms with E-state index in [2.05, 4.69) is 0 Å². The first-order valence-electron chi connectivity index (χ1n) is 8.01. The Morgan fingerprint density at radius 3 is 2.52 bits per heavy atom. The van der Waals surface area contributed by atoms with Crippen molar-refractivity contribution >= 4 is 29.3 Å². The number of hydrogen-bond acceptors (Lipinski definition) is 5. The Hall–Kier alpha value is -2.08. The van der Waals surface area contributed by atoms with Crippen LogP contribution in [0.3, 0.4) is 0 Å². The molecule has 1 aliphatic heterocycles. The second-order valence-corrected chi connectivity index (χ2v) is 7.31. The lowest BCUT2D eigenvalue weighted by Crippen LogP contribution is -2.48. The third-order valence-corrected chi connectivity index (χ3v) is 4.14. The summed E-state index contributed by atoms with van der Waals surface area (Å²) in [6.07, 6.45) is -0.415. The molecule has 1 aromatic carbocycles. The number of carbonyl (C=O) groups is 3. The van der Waals surface area contributed by atoms with Gasteiger partial charge in [-0.3, -0.25) is 9.59 Å². The number of halogens is 1. The second kappa shape index (κ2) is 7.44. The van der Waals surface area contributed by atoms with E-state index in [0.29, 0.717) is 5.75 Å². The zero-order chi connectivity index (χ0) is 18.8. The van der Waals surface area contributed by atoms with Gasteiger partial charge in [0, 0.05) is 25.1 Å². The molecule has 1 atom stereocenters. The fraction of sp³-hybridized carbons (Fsp3) is 0.500. The summed E-state index contributed by atoms with van der Waals surface area (Å²) in [7, 11) is 1.50. The number of ether oxygens (including phenoxy) is 2. The van der Waals surface area contributed by atoms with Crippen LogP contribution in [0, 0.1) is 5.92 Å². The maximum atomic E-state index is 12.8. The van der Waals surface area contributed by atoms with Crippen LogP contribution in [0.1, 0.15) is 37.6 Å². The Balaban J connectivity index is 2.18. The third-order valence-electron chi connectivity index (χ3n) is 3.83. The molecule has 1 heterocycles. The molecule has 136 valence electrons. The Morgan fingerprint density at radius 1 is 1.28 bits per heavy atom. The first kappa shape index (κ1) is 19.2. The number of benzene rings is 1. The smallest absolute Gasteiger partial charge is 0.410 e. The van der Waals surface area contributed by atoms with Crippen LogP contribution in [0.4, 0.5) is 4.79 Å². The van der Waals surface area contributed by atoms with Gasteiger partial charge in [0.05, 0.1) is 18.1 Å². The molecule has 1 amide bonds. The lowest BCUT2D eigenvalue weighted by Gasteiger charge is -2.32. The molecule has 0 aromatic heterocycles. The average Bonchev–Trinajstić information content (AvgIpc) is 2.52. The molecule has 0 radical (unpaired) electrons. The average molecular weight is 368 g/mol. The normalized spacial score (nSPS) is 18.0. The van der Waals surface area contributed by atoms with E-state index in [4.69, 9.17) is 21.1 Å². The summed E-state index contributed by atoms with van der Waals surface area (Å²) in [6.45, 7) is 5.53. The van der Waals surface area contributed by atoms with Crippen molar-refractivity contribution in [3.8, 4) is 5.75 Å². The minimum Gasteiger partial charge on any atom is -0.497 e. The highest BCUT2D eigenvalue weighted by Crippen LogP contribution is 2.27. The monoisotopic (exact) mass is 367 g/mol. The van der Waals surface area contributed by atoms with E-state index in [9.17, 15) is 14.4 Å². The number of likely N-dealkylation sites (tertiary alicyclic amines) is 1. The standard InChI is InChI=1S/C18H22ClNO5/c1-18(2,3)25-17(23)20-8-7-15(21)13(10-20)16(22)12-6-5-11(24-4)9-14(12)19/h5-6,9,13H,7-8,10H2,1-4H3. The van der Waals surface area contributed by atoms with Crippen molar-refractivity contribution in [1.82, 2.24) is 4.90 Å². The van der Waals surface area contributed by atoms with Gasteiger partial charge >= 0.3 is 6.09 Å². The minimum atomic E-state index is -0.938. The van der Waals surface area contributed by atoms with Gasteiger partial charge in [-0.2, -0.15) is 0 Å². The molecule has 0 spiro atoms. The van der Waals surface area contributed by atoms with Gasteiger partial charge in [-0.15, -0.1) is 0 Å². The van der Waals surface area contributed by atoms with Gasteiger partial charge in [0.25, 0.3) is 0 Å². The van der Waals surface area contributed by atoms with Gasteiger partial charge in [-0.05, 0) is 39.0 Å². The molecule has 0 N–H and O–H groups in total. The first-order valence-corrected chi connectivity index (χ1v) is 8.38. The molecule has 0 saturated carbocycles. The number of carbonyl (C=O) groups excluding carboxylic acids is 3. The molecule has 1 aromatic rings. The third kappa shape index (κ3) is 4.72. The number of rotatable bonds is 3. The van der Waals surface area contributed by atoms with E-state index in [1.54, 1.807) is 26.8 Å². The first-order chi connectivity index (χ1) is 11.6. The predicted molar refractivity (Wildman–Crippen MR) is 93.3 cm³/mol. The van der Waals surface area contributed by atoms with Crippen molar-refractivity contribution in [1.29, 1.82) is 0 Å². The molecular weight excluding hydrogens is 346 g/mol. The summed E-state index contributed by atoms with van der Waals surface area (Å²) in [4.78, 5) is 38.6. The van der Waals surface area contributed by atoms with E-state index in [-0.39, 0.29) is 35.9 Å². The summed E-state index contributed by atoms with van der Waals surface area (Å²) in [5, 5.41) is 0.214. The highest BCUT2D eigenvalue weighted by molar-refractivity contribution is 6.34. The highest BCUT2D eigenvalue weighted by atomic mass is 35.5. The highest BCUT2D eigenvalue weighted by Gasteiger charge is 2.37. The fourth-order valence-corrected chi connectivity index (χ4v) is 2.83. The van der Waals surface area contributed by atoms with E-state index in [1.807, 2.05) is 0 Å². The number of Topliss-reactive ketones (excluding diaryl/α,β-unsaturated/α-hetero) is 2. The topological polar surface area (TPSA) is 72.9 Å². The van der Waals surface area contributed by atoms with Crippen LogP contribution in [0.5, 0.6) is 5.75 Å². The lowest BCUT2D eigenvalue weighted by atomic mass is 9.89. The van der Waals surface area contributed by atoms with Crippen LogP contribution < -0.4 is 4.74 Å². The van der Waals surface area contributed by atoms with Crippen LogP contribution >= 0.6 is 11.6 Å². The molecule has 7 heteroatoms. The Labute approximate surface area is 152 Å². The fourth-order valence-electron chi connectivity index (χ4n) is 2.56. The Morgan fingerprint density at radius 2 is 1.96 bits per heavy atom. The minimum absolute atomic E-state index is 0.00502. The lowest BCUT2D eigenvalue weighted by molar-refractivity contribution is -0.124. The SMILES string of the molecule is COc1ccc(C(=O)C2CN(C(=O)OC(C)(C)C)CCC2=O)c(Cl)c1. The zero-order valence-electron chi connectivity index (χ0n) is 14.8. The van der Waals surface area contributed by atoms with Crippen molar-refractivity contribution in [3.63, 3.8) is 0 Å². The molecule has 1 fully saturated rings. The van der Waals surface area contributed by atoms with Gasteiger partial charge in [0.15, 0.2) is 5.78 Å². The van der Waals surface area contributed by atoms with Crippen LogP contribution in [-0.2, 0) is 9.53 Å². The van der Waals surface area contributed by atoms with Crippen molar-refractivity contribution in [3.05, 3.63) is 28.8 Å². The quantitative estimate of drug-likeness (QED) is 0.605. The predicted octanol–water partition coefficient (Wildman–Crippen LogP) is 3.36.